The van der Waals surface area contributed by atoms with Gasteiger partial charge in [0.05, 0.1) is 26.7 Å². The fourth-order valence-electron chi connectivity index (χ4n) is 1.44. The highest BCUT2D eigenvalue weighted by Crippen LogP contribution is 2.25. The summed E-state index contributed by atoms with van der Waals surface area (Å²) in [5.41, 5.74) is 1.52. The highest BCUT2D eigenvalue weighted by molar-refractivity contribution is 7.92. The van der Waals surface area contributed by atoms with Crippen LogP contribution in [0, 0.1) is 0 Å². The van der Waals surface area contributed by atoms with E-state index < -0.39 is 10.0 Å². The quantitative estimate of drug-likeness (QED) is 0.929. The number of sulfonamides is 1. The van der Waals surface area contributed by atoms with Crippen LogP contribution in [0.5, 0.6) is 0 Å². The SMILES string of the molecule is CCc1nc2ccc(NS(=O)(=O)CC)cc2s1. The molecule has 2 aromatic rings. The van der Waals surface area contributed by atoms with Gasteiger partial charge in [-0.05, 0) is 31.5 Å². The average molecular weight is 270 g/mol. The van der Waals surface area contributed by atoms with Gasteiger partial charge in [-0.15, -0.1) is 11.3 Å². The monoisotopic (exact) mass is 270 g/mol. The van der Waals surface area contributed by atoms with Gasteiger partial charge in [-0.1, -0.05) is 6.92 Å². The summed E-state index contributed by atoms with van der Waals surface area (Å²) in [7, 11) is -3.21. The molecule has 0 fully saturated rings. The highest BCUT2D eigenvalue weighted by Gasteiger charge is 2.08. The fraction of sp³-hybridized carbons (Fsp3) is 0.364. The van der Waals surface area contributed by atoms with Crippen molar-refractivity contribution in [1.29, 1.82) is 0 Å². The molecule has 0 bridgehead atoms. The largest absolute Gasteiger partial charge is 0.284 e. The summed E-state index contributed by atoms with van der Waals surface area (Å²) >= 11 is 1.60. The molecule has 2 rings (SSSR count). The minimum atomic E-state index is -3.21. The van der Waals surface area contributed by atoms with Crippen LogP contribution in [0.4, 0.5) is 5.69 Å². The number of rotatable bonds is 4. The average Bonchev–Trinajstić information content (AvgIpc) is 2.70. The fourth-order valence-corrected chi connectivity index (χ4v) is 3.02. The number of aromatic nitrogens is 1. The van der Waals surface area contributed by atoms with Crippen LogP contribution in [0.1, 0.15) is 18.9 Å². The second kappa shape index (κ2) is 4.62. The van der Waals surface area contributed by atoms with Gasteiger partial charge in [-0.25, -0.2) is 13.4 Å². The first-order valence-corrected chi connectivity index (χ1v) is 7.91. The van der Waals surface area contributed by atoms with Crippen LogP contribution in [0.2, 0.25) is 0 Å². The zero-order valence-corrected chi connectivity index (χ0v) is 11.4. The Morgan fingerprint density at radius 2 is 2.12 bits per heavy atom. The minimum Gasteiger partial charge on any atom is -0.284 e. The van der Waals surface area contributed by atoms with Gasteiger partial charge >= 0.3 is 0 Å². The normalized spacial score (nSPS) is 11.9. The van der Waals surface area contributed by atoms with Crippen molar-refractivity contribution in [3.63, 3.8) is 0 Å². The van der Waals surface area contributed by atoms with Gasteiger partial charge in [-0.2, -0.15) is 0 Å². The molecule has 0 aliphatic rings. The Kier molecular flexibility index (Phi) is 3.35. The molecule has 0 aliphatic carbocycles. The molecule has 0 saturated heterocycles. The molecule has 0 aliphatic heterocycles. The van der Waals surface area contributed by atoms with Crippen molar-refractivity contribution in [1.82, 2.24) is 4.98 Å². The lowest BCUT2D eigenvalue weighted by atomic mass is 10.3. The maximum atomic E-state index is 11.4. The predicted molar refractivity (Wildman–Crippen MR) is 72.1 cm³/mol. The van der Waals surface area contributed by atoms with E-state index in [1.807, 2.05) is 12.1 Å². The third-order valence-electron chi connectivity index (χ3n) is 2.39. The number of nitrogens with zero attached hydrogens (tertiary/aromatic N) is 1. The first-order valence-electron chi connectivity index (χ1n) is 5.44. The first-order chi connectivity index (χ1) is 8.04. The minimum absolute atomic E-state index is 0.0773. The van der Waals surface area contributed by atoms with Crippen molar-refractivity contribution < 1.29 is 8.42 Å². The molecule has 0 radical (unpaired) electrons. The van der Waals surface area contributed by atoms with Crippen LogP contribution in [0.3, 0.4) is 0 Å². The molecule has 0 saturated carbocycles. The molecular weight excluding hydrogens is 256 g/mol. The maximum Gasteiger partial charge on any atom is 0.232 e. The zero-order valence-electron chi connectivity index (χ0n) is 9.73. The van der Waals surface area contributed by atoms with Crippen molar-refractivity contribution in [2.24, 2.45) is 0 Å². The third kappa shape index (κ3) is 2.76. The Balaban J connectivity index is 2.37. The molecule has 17 heavy (non-hydrogen) atoms. The number of aryl methyl sites for hydroxylation is 1. The van der Waals surface area contributed by atoms with Gasteiger partial charge in [0.25, 0.3) is 0 Å². The summed E-state index contributed by atoms with van der Waals surface area (Å²) in [6, 6.07) is 5.42. The number of anilines is 1. The first kappa shape index (κ1) is 12.3. The second-order valence-electron chi connectivity index (χ2n) is 3.65. The molecule has 1 heterocycles. The van der Waals surface area contributed by atoms with Gasteiger partial charge in [0.1, 0.15) is 0 Å². The molecule has 0 atom stereocenters. The van der Waals surface area contributed by atoms with Crippen LogP contribution in [0.25, 0.3) is 10.2 Å². The number of thiazole rings is 1. The van der Waals surface area contributed by atoms with Crippen LogP contribution in [0.15, 0.2) is 18.2 Å². The van der Waals surface area contributed by atoms with Gasteiger partial charge in [-0.3, -0.25) is 4.72 Å². The Bertz CT molecular complexity index is 632. The van der Waals surface area contributed by atoms with Crippen LogP contribution in [-0.2, 0) is 16.4 Å². The van der Waals surface area contributed by atoms with Crippen LogP contribution in [-0.4, -0.2) is 19.2 Å². The Morgan fingerprint density at radius 1 is 1.35 bits per heavy atom. The number of nitrogens with one attached hydrogen (secondary N) is 1. The maximum absolute atomic E-state index is 11.4. The molecule has 0 amide bonds. The molecular formula is C11H14N2O2S2. The van der Waals surface area contributed by atoms with Gasteiger partial charge in [0.2, 0.25) is 10.0 Å². The lowest BCUT2D eigenvalue weighted by molar-refractivity contribution is 0.602. The summed E-state index contributed by atoms with van der Waals surface area (Å²) in [6.07, 6.45) is 0.898. The Hall–Kier alpha value is -1.14. The molecule has 1 N–H and O–H groups in total. The van der Waals surface area contributed by atoms with E-state index in [-0.39, 0.29) is 5.75 Å². The van der Waals surface area contributed by atoms with E-state index in [9.17, 15) is 8.42 Å². The lowest BCUT2D eigenvalue weighted by Crippen LogP contribution is -2.14. The van der Waals surface area contributed by atoms with E-state index in [4.69, 9.17) is 0 Å². The van der Waals surface area contributed by atoms with Crippen LogP contribution < -0.4 is 4.72 Å². The summed E-state index contributed by atoms with van der Waals surface area (Å²) in [6.45, 7) is 3.67. The van der Waals surface area contributed by atoms with E-state index in [0.717, 1.165) is 21.6 Å². The van der Waals surface area contributed by atoms with Crippen molar-refractivity contribution >= 4 is 37.3 Å². The van der Waals surface area contributed by atoms with Crippen molar-refractivity contribution in [3.05, 3.63) is 23.2 Å². The van der Waals surface area contributed by atoms with Crippen molar-refractivity contribution in [2.75, 3.05) is 10.5 Å². The lowest BCUT2D eigenvalue weighted by Gasteiger charge is -2.04. The van der Waals surface area contributed by atoms with E-state index in [1.165, 1.54) is 0 Å². The third-order valence-corrected chi connectivity index (χ3v) is 4.86. The summed E-state index contributed by atoms with van der Waals surface area (Å²) < 4.78 is 26.4. The summed E-state index contributed by atoms with van der Waals surface area (Å²) in [5.74, 6) is 0.0773. The predicted octanol–water partition coefficient (Wildman–Crippen LogP) is 2.62. The number of fused-ring (bicyclic) bond motifs is 1. The van der Waals surface area contributed by atoms with E-state index >= 15 is 0 Å². The number of benzene rings is 1. The van der Waals surface area contributed by atoms with E-state index in [0.29, 0.717) is 5.69 Å². The molecule has 92 valence electrons. The van der Waals surface area contributed by atoms with E-state index in [1.54, 1.807) is 24.3 Å². The van der Waals surface area contributed by atoms with Gasteiger partial charge < -0.3 is 0 Å². The highest BCUT2D eigenvalue weighted by atomic mass is 32.2. The zero-order chi connectivity index (χ0) is 12.5. The van der Waals surface area contributed by atoms with Crippen molar-refractivity contribution in [3.8, 4) is 0 Å². The van der Waals surface area contributed by atoms with Gasteiger partial charge in [0, 0.05) is 0 Å². The Morgan fingerprint density at radius 3 is 2.76 bits per heavy atom. The van der Waals surface area contributed by atoms with E-state index in [2.05, 4.69) is 16.6 Å². The molecule has 0 spiro atoms. The summed E-state index contributed by atoms with van der Waals surface area (Å²) in [5, 5.41) is 1.07. The standard InChI is InChI=1S/C11H14N2O2S2/c1-3-11-12-9-6-5-8(7-10(9)16-11)13-17(14,15)4-2/h5-7,13H,3-4H2,1-2H3. The number of hydrogen-bond donors (Lipinski definition) is 1. The molecule has 6 heteroatoms. The molecule has 1 aromatic carbocycles. The molecule has 0 unspecified atom stereocenters. The van der Waals surface area contributed by atoms with Crippen LogP contribution >= 0.6 is 11.3 Å². The summed E-state index contributed by atoms with van der Waals surface area (Å²) in [4.78, 5) is 4.43. The second-order valence-corrected chi connectivity index (χ2v) is 6.78. The topological polar surface area (TPSA) is 59.1 Å². The van der Waals surface area contributed by atoms with Gasteiger partial charge in [0.15, 0.2) is 0 Å². The molecule has 1 aromatic heterocycles. The van der Waals surface area contributed by atoms with Crippen molar-refractivity contribution in [2.45, 2.75) is 20.3 Å². The molecule has 4 nitrogen and oxygen atoms in total. The number of hydrogen-bond acceptors (Lipinski definition) is 4. The smallest absolute Gasteiger partial charge is 0.232 e. The Labute approximate surface area is 105 Å².